The van der Waals surface area contributed by atoms with Crippen molar-refractivity contribution in [2.45, 2.75) is 24.7 Å². The van der Waals surface area contributed by atoms with Crippen LogP contribution in [0.5, 0.6) is 0 Å². The summed E-state index contributed by atoms with van der Waals surface area (Å²) in [5, 5.41) is 0. The van der Waals surface area contributed by atoms with Gasteiger partial charge in [0, 0.05) is 9.89 Å². The van der Waals surface area contributed by atoms with E-state index in [0.29, 0.717) is 0 Å². The third-order valence-corrected chi connectivity index (χ3v) is 4.50. The maximum atomic E-state index is 11.6. The number of carbonyl (C=O) groups excluding carboxylic acids is 1. The zero-order valence-electron chi connectivity index (χ0n) is 9.13. The molecule has 0 bridgehead atoms. The normalized spacial score (nSPS) is 30.2. The van der Waals surface area contributed by atoms with Crippen molar-refractivity contribution >= 4 is 21.9 Å². The van der Waals surface area contributed by atoms with Gasteiger partial charge >= 0.3 is 5.97 Å². The highest BCUT2D eigenvalue weighted by molar-refractivity contribution is 9.10. The third kappa shape index (κ3) is 1.27. The monoisotopic (exact) mass is 280 g/mol. The number of methoxy groups -OCH3 is 1. The summed E-state index contributed by atoms with van der Waals surface area (Å²) in [6, 6.07) is 6.42. The van der Waals surface area contributed by atoms with Crippen LogP contribution in [0, 0.1) is 5.92 Å². The van der Waals surface area contributed by atoms with Crippen LogP contribution >= 0.6 is 15.9 Å². The summed E-state index contributed by atoms with van der Waals surface area (Å²) < 4.78 is 5.96. The molecular weight excluding hydrogens is 268 g/mol. The van der Waals surface area contributed by atoms with Gasteiger partial charge in [0.25, 0.3) is 0 Å². The number of ether oxygens (including phenoxy) is 1. The molecule has 2 aliphatic carbocycles. The first kappa shape index (κ1) is 10.3. The molecule has 2 nitrogen and oxygen atoms in total. The molecule has 0 amide bonds. The summed E-state index contributed by atoms with van der Waals surface area (Å²) in [6.07, 6.45) is 3.15. The molecule has 0 radical (unpaired) electrons. The molecule has 1 aromatic rings. The van der Waals surface area contributed by atoms with E-state index in [2.05, 4.69) is 34.1 Å². The quantitative estimate of drug-likeness (QED) is 0.740. The van der Waals surface area contributed by atoms with Crippen LogP contribution in [0.4, 0.5) is 0 Å². The van der Waals surface area contributed by atoms with Gasteiger partial charge in [0.1, 0.15) is 0 Å². The van der Waals surface area contributed by atoms with E-state index >= 15 is 0 Å². The highest BCUT2D eigenvalue weighted by Crippen LogP contribution is 2.62. The second-order valence-electron chi connectivity index (χ2n) is 4.74. The van der Waals surface area contributed by atoms with E-state index in [1.54, 1.807) is 0 Å². The summed E-state index contributed by atoms with van der Waals surface area (Å²) in [7, 11) is 1.48. The van der Waals surface area contributed by atoms with E-state index in [0.717, 1.165) is 23.7 Å². The molecule has 1 spiro atoms. The van der Waals surface area contributed by atoms with Crippen LogP contribution in [-0.4, -0.2) is 13.1 Å². The zero-order chi connectivity index (χ0) is 11.3. The third-order valence-electron chi connectivity index (χ3n) is 4.01. The van der Waals surface area contributed by atoms with Gasteiger partial charge in [0.2, 0.25) is 0 Å². The lowest BCUT2D eigenvalue weighted by Gasteiger charge is -2.10. The number of halogens is 1. The molecule has 0 N–H and O–H groups in total. The van der Waals surface area contributed by atoms with Crippen LogP contribution in [0.1, 0.15) is 24.0 Å². The molecule has 16 heavy (non-hydrogen) atoms. The number of fused-ring (bicyclic) bond motifs is 2. The summed E-state index contributed by atoms with van der Waals surface area (Å²) in [6.45, 7) is 0. The number of hydrogen-bond acceptors (Lipinski definition) is 2. The minimum atomic E-state index is -0.0483. The highest BCUT2D eigenvalue weighted by atomic mass is 79.9. The Labute approximate surface area is 103 Å². The van der Waals surface area contributed by atoms with Crippen molar-refractivity contribution in [2.24, 2.45) is 5.92 Å². The molecule has 1 aromatic carbocycles. The minimum absolute atomic E-state index is 0.0483. The predicted molar refractivity (Wildman–Crippen MR) is 64.3 cm³/mol. The van der Waals surface area contributed by atoms with Crippen LogP contribution in [0.15, 0.2) is 22.7 Å². The van der Waals surface area contributed by atoms with E-state index in [1.807, 2.05) is 0 Å². The van der Waals surface area contributed by atoms with Crippen molar-refractivity contribution < 1.29 is 9.53 Å². The van der Waals surface area contributed by atoms with Crippen LogP contribution in [0.3, 0.4) is 0 Å². The maximum absolute atomic E-state index is 11.6. The van der Waals surface area contributed by atoms with Crippen molar-refractivity contribution in [3.63, 3.8) is 0 Å². The first-order chi connectivity index (χ1) is 7.67. The Morgan fingerprint density at radius 1 is 1.56 bits per heavy atom. The van der Waals surface area contributed by atoms with Gasteiger partial charge in [-0.15, -0.1) is 0 Å². The van der Waals surface area contributed by atoms with Crippen molar-refractivity contribution in [2.75, 3.05) is 7.11 Å². The fourth-order valence-corrected chi connectivity index (χ4v) is 3.41. The summed E-state index contributed by atoms with van der Waals surface area (Å²) in [4.78, 5) is 11.6. The van der Waals surface area contributed by atoms with Gasteiger partial charge in [-0.25, -0.2) is 0 Å². The van der Waals surface area contributed by atoms with Crippen molar-refractivity contribution in [3.8, 4) is 0 Å². The van der Waals surface area contributed by atoms with Crippen LogP contribution in [-0.2, 0) is 21.4 Å². The Kier molecular flexibility index (Phi) is 2.15. The maximum Gasteiger partial charge on any atom is 0.309 e. The SMILES string of the molecule is COC(=O)C1CC12CCc1ccc(Br)cc12. The van der Waals surface area contributed by atoms with Gasteiger partial charge in [-0.2, -0.15) is 0 Å². The molecule has 2 unspecified atom stereocenters. The first-order valence-electron chi connectivity index (χ1n) is 5.54. The molecule has 0 heterocycles. The van der Waals surface area contributed by atoms with Crippen LogP contribution in [0.2, 0.25) is 0 Å². The first-order valence-corrected chi connectivity index (χ1v) is 6.33. The van der Waals surface area contributed by atoms with E-state index in [1.165, 1.54) is 18.2 Å². The average molecular weight is 281 g/mol. The van der Waals surface area contributed by atoms with E-state index in [4.69, 9.17) is 4.74 Å². The largest absolute Gasteiger partial charge is 0.469 e. The highest BCUT2D eigenvalue weighted by Gasteiger charge is 2.62. The number of rotatable bonds is 1. The fraction of sp³-hybridized carbons (Fsp3) is 0.462. The molecule has 0 saturated heterocycles. The summed E-state index contributed by atoms with van der Waals surface area (Å²) in [5.74, 6) is 0.0425. The lowest BCUT2D eigenvalue weighted by atomic mass is 9.95. The van der Waals surface area contributed by atoms with Crippen LogP contribution in [0.25, 0.3) is 0 Å². The fourth-order valence-electron chi connectivity index (χ4n) is 3.05. The average Bonchev–Trinajstić information content (AvgIpc) is 2.91. The van der Waals surface area contributed by atoms with Gasteiger partial charge in [-0.1, -0.05) is 22.0 Å². The molecule has 84 valence electrons. The lowest BCUT2D eigenvalue weighted by molar-refractivity contribution is -0.142. The number of aryl methyl sites for hydroxylation is 1. The molecule has 2 aliphatic rings. The Bertz CT molecular complexity index is 469. The molecule has 3 rings (SSSR count). The number of hydrogen-bond donors (Lipinski definition) is 0. The Hall–Kier alpha value is -0.830. The van der Waals surface area contributed by atoms with Gasteiger partial charge in [-0.3, -0.25) is 4.79 Å². The minimum Gasteiger partial charge on any atom is -0.469 e. The Morgan fingerprint density at radius 3 is 3.12 bits per heavy atom. The van der Waals surface area contributed by atoms with E-state index < -0.39 is 0 Å². The zero-order valence-corrected chi connectivity index (χ0v) is 10.7. The van der Waals surface area contributed by atoms with E-state index in [-0.39, 0.29) is 17.3 Å². The lowest BCUT2D eigenvalue weighted by Crippen LogP contribution is -2.13. The number of benzene rings is 1. The molecule has 3 heteroatoms. The molecular formula is C13H13BrO2. The molecule has 1 fully saturated rings. The van der Waals surface area contributed by atoms with Gasteiger partial charge < -0.3 is 4.74 Å². The second-order valence-corrected chi connectivity index (χ2v) is 5.65. The summed E-state index contributed by atoms with van der Waals surface area (Å²) >= 11 is 3.50. The smallest absolute Gasteiger partial charge is 0.309 e. The topological polar surface area (TPSA) is 26.3 Å². The standard InChI is InChI=1S/C13H13BrO2/c1-16-12(15)11-7-13(11)5-4-8-2-3-9(14)6-10(8)13/h2-3,6,11H,4-5,7H2,1H3. The number of carbonyl (C=O) groups is 1. The van der Waals surface area contributed by atoms with Gasteiger partial charge in [0.05, 0.1) is 13.0 Å². The second kappa shape index (κ2) is 3.33. The van der Waals surface area contributed by atoms with Gasteiger partial charge in [-0.05, 0) is 42.5 Å². The summed E-state index contributed by atoms with van der Waals surface area (Å²) in [5.41, 5.74) is 2.86. The predicted octanol–water partition coefficient (Wildman–Crippen LogP) is 2.83. The van der Waals surface area contributed by atoms with Crippen molar-refractivity contribution in [3.05, 3.63) is 33.8 Å². The number of esters is 1. The molecule has 2 atom stereocenters. The molecule has 0 aliphatic heterocycles. The van der Waals surface area contributed by atoms with Crippen molar-refractivity contribution in [1.82, 2.24) is 0 Å². The van der Waals surface area contributed by atoms with Gasteiger partial charge in [0.15, 0.2) is 0 Å². The van der Waals surface area contributed by atoms with E-state index in [9.17, 15) is 4.79 Å². The Balaban J connectivity index is 1.99. The van der Waals surface area contributed by atoms with Crippen LogP contribution < -0.4 is 0 Å². The molecule has 1 saturated carbocycles. The Morgan fingerprint density at radius 2 is 2.38 bits per heavy atom. The van der Waals surface area contributed by atoms with Crippen molar-refractivity contribution in [1.29, 1.82) is 0 Å². The molecule has 0 aromatic heterocycles.